The molecule has 4 aliphatic carbocycles. The zero-order valence-corrected chi connectivity index (χ0v) is 13.8. The zero-order valence-electron chi connectivity index (χ0n) is 12.2. The second-order valence-corrected chi connectivity index (χ2v) is 8.31. The first-order chi connectivity index (χ1) is 9.69. The Balaban J connectivity index is 1.47. The van der Waals surface area contributed by atoms with Crippen LogP contribution >= 0.6 is 15.9 Å². The van der Waals surface area contributed by atoms with Gasteiger partial charge in [0.2, 0.25) is 0 Å². The molecule has 4 bridgehead atoms. The average Bonchev–Trinajstić information content (AvgIpc) is 2.42. The van der Waals surface area contributed by atoms with Crippen LogP contribution in [0.1, 0.15) is 50.6 Å². The first kappa shape index (κ1) is 13.3. The van der Waals surface area contributed by atoms with Crippen molar-refractivity contribution in [3.63, 3.8) is 0 Å². The highest BCUT2D eigenvalue weighted by atomic mass is 79.9. The third-order valence-electron chi connectivity index (χ3n) is 6.04. The molecular weight excluding hydrogens is 310 g/mol. The van der Waals surface area contributed by atoms with Gasteiger partial charge in [0.05, 0.1) is 0 Å². The van der Waals surface area contributed by atoms with Gasteiger partial charge >= 0.3 is 0 Å². The molecule has 1 N–H and O–H groups in total. The van der Waals surface area contributed by atoms with Crippen LogP contribution in [0.3, 0.4) is 0 Å². The van der Waals surface area contributed by atoms with E-state index in [4.69, 9.17) is 0 Å². The Morgan fingerprint density at radius 3 is 2.05 bits per heavy atom. The van der Waals surface area contributed by atoms with Gasteiger partial charge in [0.25, 0.3) is 0 Å². The van der Waals surface area contributed by atoms with Crippen LogP contribution in [0, 0.1) is 23.7 Å². The Bertz CT molecular complexity index is 453. The van der Waals surface area contributed by atoms with E-state index in [-0.39, 0.29) is 0 Å². The minimum atomic E-state index is 0.477. The van der Waals surface area contributed by atoms with Crippen molar-refractivity contribution in [2.24, 2.45) is 23.7 Å². The fourth-order valence-corrected chi connectivity index (χ4v) is 5.60. The fraction of sp³-hybridized carbons (Fsp3) is 0.667. The molecule has 0 amide bonds. The van der Waals surface area contributed by atoms with E-state index in [1.165, 1.54) is 35.7 Å². The van der Waals surface area contributed by atoms with Gasteiger partial charge in [-0.2, -0.15) is 0 Å². The third kappa shape index (κ3) is 2.35. The summed E-state index contributed by atoms with van der Waals surface area (Å²) in [5.41, 5.74) is 1.42. The van der Waals surface area contributed by atoms with Gasteiger partial charge in [-0.15, -0.1) is 0 Å². The lowest BCUT2D eigenvalue weighted by Crippen LogP contribution is -2.54. The van der Waals surface area contributed by atoms with Crippen molar-refractivity contribution in [3.05, 3.63) is 34.3 Å². The van der Waals surface area contributed by atoms with E-state index in [1.54, 1.807) is 6.42 Å². The summed E-state index contributed by atoms with van der Waals surface area (Å²) in [5, 5.41) is 3.98. The van der Waals surface area contributed by atoms with Crippen molar-refractivity contribution in [1.82, 2.24) is 5.32 Å². The number of benzene rings is 1. The summed E-state index contributed by atoms with van der Waals surface area (Å²) >= 11 is 3.52. The Morgan fingerprint density at radius 2 is 1.50 bits per heavy atom. The highest BCUT2D eigenvalue weighted by Gasteiger charge is 2.48. The molecule has 108 valence electrons. The molecule has 5 rings (SSSR count). The lowest BCUT2D eigenvalue weighted by atomic mass is 9.54. The van der Waals surface area contributed by atoms with E-state index in [0.717, 1.165) is 29.7 Å². The van der Waals surface area contributed by atoms with E-state index in [9.17, 15) is 0 Å². The average molecular weight is 334 g/mol. The molecule has 0 aromatic heterocycles. The van der Waals surface area contributed by atoms with Crippen LogP contribution in [0.25, 0.3) is 0 Å². The van der Waals surface area contributed by atoms with E-state index in [0.29, 0.717) is 6.04 Å². The minimum Gasteiger partial charge on any atom is -0.307 e. The highest BCUT2D eigenvalue weighted by molar-refractivity contribution is 9.10. The molecule has 2 heteroatoms. The fourth-order valence-electron chi connectivity index (χ4n) is 5.33. The number of hydrogen-bond donors (Lipinski definition) is 1. The van der Waals surface area contributed by atoms with Crippen molar-refractivity contribution in [3.8, 4) is 0 Å². The van der Waals surface area contributed by atoms with Gasteiger partial charge in [-0.3, -0.25) is 0 Å². The Morgan fingerprint density at radius 1 is 0.950 bits per heavy atom. The summed E-state index contributed by atoms with van der Waals surface area (Å²) in [5.74, 6) is 4.06. The summed E-state index contributed by atoms with van der Waals surface area (Å²) in [6, 6.07) is 10.1. The van der Waals surface area contributed by atoms with Crippen LogP contribution in [0.5, 0.6) is 0 Å². The summed E-state index contributed by atoms with van der Waals surface area (Å²) in [6.45, 7) is 2.33. The topological polar surface area (TPSA) is 12.0 Å². The SMILES string of the molecule is C[C@H](NC1C2CC3CC(C2)CC1C3)c1ccc(Br)cc1. The molecular formula is C18H24BrN. The van der Waals surface area contributed by atoms with Crippen molar-refractivity contribution < 1.29 is 0 Å². The lowest BCUT2D eigenvalue weighted by molar-refractivity contribution is -0.0171. The molecule has 0 aliphatic heterocycles. The summed E-state index contributed by atoms with van der Waals surface area (Å²) < 4.78 is 1.17. The first-order valence-electron chi connectivity index (χ1n) is 8.20. The molecule has 4 saturated carbocycles. The van der Waals surface area contributed by atoms with Gasteiger partial charge in [-0.1, -0.05) is 28.1 Å². The van der Waals surface area contributed by atoms with E-state index >= 15 is 0 Å². The molecule has 1 aromatic rings. The van der Waals surface area contributed by atoms with Gasteiger partial charge in [0.1, 0.15) is 0 Å². The quantitative estimate of drug-likeness (QED) is 0.827. The molecule has 0 spiro atoms. The van der Waals surface area contributed by atoms with Gasteiger partial charge in [0, 0.05) is 16.6 Å². The summed E-state index contributed by atoms with van der Waals surface area (Å²) in [7, 11) is 0. The molecule has 1 atom stereocenters. The number of nitrogens with one attached hydrogen (secondary N) is 1. The minimum absolute atomic E-state index is 0.477. The molecule has 0 heterocycles. The van der Waals surface area contributed by atoms with Crippen molar-refractivity contribution in [2.45, 2.75) is 51.1 Å². The maximum absolute atomic E-state index is 3.98. The van der Waals surface area contributed by atoms with E-state index in [2.05, 4.69) is 52.4 Å². The first-order valence-corrected chi connectivity index (χ1v) is 9.00. The highest BCUT2D eigenvalue weighted by Crippen LogP contribution is 2.54. The predicted molar refractivity (Wildman–Crippen MR) is 86.5 cm³/mol. The number of rotatable bonds is 3. The molecule has 4 fully saturated rings. The van der Waals surface area contributed by atoms with Crippen molar-refractivity contribution in [1.29, 1.82) is 0 Å². The van der Waals surface area contributed by atoms with Crippen LogP contribution in [0.2, 0.25) is 0 Å². The molecule has 0 unspecified atom stereocenters. The second-order valence-electron chi connectivity index (χ2n) is 7.40. The second kappa shape index (κ2) is 5.14. The van der Waals surface area contributed by atoms with Crippen LogP contribution < -0.4 is 5.32 Å². The molecule has 4 aliphatic rings. The third-order valence-corrected chi connectivity index (χ3v) is 6.57. The Hall–Kier alpha value is -0.340. The van der Waals surface area contributed by atoms with E-state index in [1.807, 2.05) is 0 Å². The normalized spacial score (nSPS) is 40.0. The van der Waals surface area contributed by atoms with Crippen LogP contribution in [0.4, 0.5) is 0 Å². The van der Waals surface area contributed by atoms with Gasteiger partial charge in [-0.25, -0.2) is 0 Å². The standard InChI is InChI=1S/C18H24BrN/c1-11(14-2-4-17(19)5-3-14)20-18-15-7-12-6-13(9-15)10-16(18)8-12/h2-5,11-13,15-16,18,20H,6-10H2,1H3/t11-,12?,13?,15?,16?,18?/m0/s1. The van der Waals surface area contributed by atoms with Crippen LogP contribution in [-0.4, -0.2) is 6.04 Å². The number of halogens is 1. The van der Waals surface area contributed by atoms with Crippen LogP contribution in [-0.2, 0) is 0 Å². The molecule has 1 nitrogen and oxygen atoms in total. The maximum Gasteiger partial charge on any atom is 0.0294 e. The largest absolute Gasteiger partial charge is 0.307 e. The van der Waals surface area contributed by atoms with Gasteiger partial charge < -0.3 is 5.32 Å². The smallest absolute Gasteiger partial charge is 0.0294 e. The molecule has 20 heavy (non-hydrogen) atoms. The summed E-state index contributed by atoms with van der Waals surface area (Å²) in [4.78, 5) is 0. The Labute approximate surface area is 130 Å². The maximum atomic E-state index is 3.98. The van der Waals surface area contributed by atoms with Crippen molar-refractivity contribution >= 4 is 15.9 Å². The zero-order chi connectivity index (χ0) is 13.7. The van der Waals surface area contributed by atoms with Gasteiger partial charge in [-0.05, 0) is 80.4 Å². The lowest BCUT2D eigenvalue weighted by Gasteiger charge is -2.55. The Kier molecular flexibility index (Phi) is 3.42. The van der Waals surface area contributed by atoms with Crippen molar-refractivity contribution in [2.75, 3.05) is 0 Å². The monoisotopic (exact) mass is 333 g/mol. The molecule has 1 aromatic carbocycles. The predicted octanol–water partition coefficient (Wildman–Crippen LogP) is 4.92. The van der Waals surface area contributed by atoms with Gasteiger partial charge in [0.15, 0.2) is 0 Å². The molecule has 0 saturated heterocycles. The summed E-state index contributed by atoms with van der Waals surface area (Å²) in [6.07, 6.45) is 7.53. The van der Waals surface area contributed by atoms with E-state index < -0.39 is 0 Å². The molecule has 0 radical (unpaired) electrons. The van der Waals surface area contributed by atoms with Crippen LogP contribution in [0.15, 0.2) is 28.7 Å². The number of hydrogen-bond acceptors (Lipinski definition) is 1.